The van der Waals surface area contributed by atoms with Crippen molar-refractivity contribution in [2.45, 2.75) is 37.7 Å². The molecule has 1 aliphatic heterocycles. The summed E-state index contributed by atoms with van der Waals surface area (Å²) in [5.74, 6) is 1.29. The monoisotopic (exact) mass is 333 g/mol. The van der Waals surface area contributed by atoms with Crippen LogP contribution in [0.15, 0.2) is 12.4 Å². The van der Waals surface area contributed by atoms with Crippen LogP contribution in [0.3, 0.4) is 0 Å². The summed E-state index contributed by atoms with van der Waals surface area (Å²) in [6.07, 6.45) is 7.90. The lowest BCUT2D eigenvalue weighted by Crippen LogP contribution is -2.41. The van der Waals surface area contributed by atoms with E-state index in [0.29, 0.717) is 17.7 Å². The summed E-state index contributed by atoms with van der Waals surface area (Å²) in [5.41, 5.74) is 0. The fourth-order valence-electron chi connectivity index (χ4n) is 2.68. The maximum Gasteiger partial charge on any atom is 0.316 e. The first-order valence-electron chi connectivity index (χ1n) is 7.93. The zero-order chi connectivity index (χ0) is 15.6. The smallest absolute Gasteiger partial charge is 0.316 e. The molecule has 122 valence electrons. The molecular formula is C15H19N5O2S. The average molecular weight is 333 g/mol. The Kier molecular flexibility index (Phi) is 3.99. The van der Waals surface area contributed by atoms with Gasteiger partial charge in [0.05, 0.1) is 26.0 Å². The highest BCUT2D eigenvalue weighted by Crippen LogP contribution is 2.42. The number of anilines is 1. The Labute approximate surface area is 138 Å². The molecule has 0 aromatic carbocycles. The van der Waals surface area contributed by atoms with Gasteiger partial charge in [-0.3, -0.25) is 0 Å². The van der Waals surface area contributed by atoms with Gasteiger partial charge < -0.3 is 14.4 Å². The van der Waals surface area contributed by atoms with Gasteiger partial charge in [-0.1, -0.05) is 11.3 Å². The van der Waals surface area contributed by atoms with Crippen molar-refractivity contribution < 1.29 is 9.47 Å². The number of aromatic nitrogens is 4. The van der Waals surface area contributed by atoms with Gasteiger partial charge in [0, 0.05) is 12.5 Å². The van der Waals surface area contributed by atoms with E-state index in [2.05, 4.69) is 25.1 Å². The molecule has 0 N–H and O–H groups in total. The standard InChI is InChI=1S/C15H19N5O2S/c1-21-12-7-16-14(17-8-12)22-11-3-2-6-20(9-11)15-19-18-13(23-15)10-4-5-10/h7-8,10-11H,2-6,9H2,1H3. The Bertz CT molecular complexity index is 658. The van der Waals surface area contributed by atoms with Crippen molar-refractivity contribution in [1.29, 1.82) is 0 Å². The van der Waals surface area contributed by atoms with Gasteiger partial charge in [-0.15, -0.1) is 10.2 Å². The fourth-order valence-corrected chi connectivity index (χ4v) is 3.72. The lowest BCUT2D eigenvalue weighted by molar-refractivity contribution is 0.164. The van der Waals surface area contributed by atoms with Crippen LogP contribution in [0.4, 0.5) is 5.13 Å². The molecule has 7 nitrogen and oxygen atoms in total. The Morgan fingerprint density at radius 2 is 2.00 bits per heavy atom. The van der Waals surface area contributed by atoms with Gasteiger partial charge >= 0.3 is 6.01 Å². The molecule has 1 saturated heterocycles. The zero-order valence-corrected chi connectivity index (χ0v) is 13.8. The number of hydrogen-bond acceptors (Lipinski definition) is 8. The summed E-state index contributed by atoms with van der Waals surface area (Å²) >= 11 is 1.72. The third kappa shape index (κ3) is 3.36. The number of ether oxygens (including phenoxy) is 2. The molecule has 1 saturated carbocycles. The lowest BCUT2D eigenvalue weighted by Gasteiger charge is -2.31. The van der Waals surface area contributed by atoms with E-state index in [9.17, 15) is 0 Å². The van der Waals surface area contributed by atoms with Crippen LogP contribution in [0.1, 0.15) is 36.6 Å². The molecule has 2 aromatic heterocycles. The fraction of sp³-hybridized carbons (Fsp3) is 0.600. The van der Waals surface area contributed by atoms with Gasteiger partial charge in [0.25, 0.3) is 0 Å². The Hall–Kier alpha value is -1.96. The molecule has 23 heavy (non-hydrogen) atoms. The summed E-state index contributed by atoms with van der Waals surface area (Å²) < 4.78 is 11.0. The van der Waals surface area contributed by atoms with Crippen molar-refractivity contribution in [3.8, 4) is 11.8 Å². The van der Waals surface area contributed by atoms with Crippen LogP contribution in [0.25, 0.3) is 0 Å². The lowest BCUT2D eigenvalue weighted by atomic mass is 10.1. The first kappa shape index (κ1) is 14.6. The van der Waals surface area contributed by atoms with Crippen molar-refractivity contribution >= 4 is 16.5 Å². The minimum Gasteiger partial charge on any atom is -0.494 e. The van der Waals surface area contributed by atoms with E-state index in [1.54, 1.807) is 30.8 Å². The summed E-state index contributed by atoms with van der Waals surface area (Å²) in [6.45, 7) is 1.80. The van der Waals surface area contributed by atoms with Gasteiger partial charge in [0.2, 0.25) is 5.13 Å². The van der Waals surface area contributed by atoms with Gasteiger partial charge in [-0.25, -0.2) is 0 Å². The van der Waals surface area contributed by atoms with E-state index in [0.717, 1.165) is 31.1 Å². The van der Waals surface area contributed by atoms with Crippen molar-refractivity contribution in [3.05, 3.63) is 17.4 Å². The normalized spacial score (nSPS) is 21.3. The van der Waals surface area contributed by atoms with E-state index < -0.39 is 0 Å². The molecular weight excluding hydrogens is 314 g/mol. The summed E-state index contributed by atoms with van der Waals surface area (Å²) in [6, 6.07) is 0.397. The topological polar surface area (TPSA) is 73.3 Å². The van der Waals surface area contributed by atoms with E-state index in [1.807, 2.05) is 0 Å². The minimum atomic E-state index is 0.0745. The second kappa shape index (κ2) is 6.27. The van der Waals surface area contributed by atoms with Crippen LogP contribution in [-0.2, 0) is 0 Å². The number of hydrogen-bond donors (Lipinski definition) is 0. The maximum atomic E-state index is 5.91. The average Bonchev–Trinajstić information content (AvgIpc) is 3.33. The summed E-state index contributed by atoms with van der Waals surface area (Å²) in [7, 11) is 1.59. The van der Waals surface area contributed by atoms with Crippen LogP contribution >= 0.6 is 11.3 Å². The highest BCUT2D eigenvalue weighted by atomic mass is 32.1. The van der Waals surface area contributed by atoms with Crippen molar-refractivity contribution in [1.82, 2.24) is 20.2 Å². The first-order chi connectivity index (χ1) is 11.3. The SMILES string of the molecule is COc1cnc(OC2CCCN(c3nnc(C4CC4)s3)C2)nc1. The Morgan fingerprint density at radius 1 is 1.17 bits per heavy atom. The molecule has 4 rings (SSSR count). The van der Waals surface area contributed by atoms with Crippen LogP contribution in [0.2, 0.25) is 0 Å². The van der Waals surface area contributed by atoms with E-state index in [4.69, 9.17) is 9.47 Å². The molecule has 2 aromatic rings. The number of nitrogens with zero attached hydrogens (tertiary/aromatic N) is 5. The van der Waals surface area contributed by atoms with E-state index in [-0.39, 0.29) is 6.10 Å². The maximum absolute atomic E-state index is 5.91. The van der Waals surface area contributed by atoms with Gasteiger partial charge in [0.15, 0.2) is 5.75 Å². The van der Waals surface area contributed by atoms with E-state index in [1.165, 1.54) is 17.8 Å². The number of methoxy groups -OCH3 is 1. The highest BCUT2D eigenvalue weighted by Gasteiger charge is 2.30. The number of piperidine rings is 1. The molecule has 3 heterocycles. The van der Waals surface area contributed by atoms with Gasteiger partial charge in [0.1, 0.15) is 11.1 Å². The molecule has 0 bridgehead atoms. The first-order valence-corrected chi connectivity index (χ1v) is 8.74. The molecule has 1 atom stereocenters. The van der Waals surface area contributed by atoms with Gasteiger partial charge in [-0.05, 0) is 25.7 Å². The minimum absolute atomic E-state index is 0.0745. The van der Waals surface area contributed by atoms with Crippen LogP contribution in [-0.4, -0.2) is 46.5 Å². The zero-order valence-electron chi connectivity index (χ0n) is 13.0. The summed E-state index contributed by atoms with van der Waals surface area (Å²) in [5, 5.41) is 10.9. The van der Waals surface area contributed by atoms with Crippen LogP contribution in [0.5, 0.6) is 11.8 Å². The van der Waals surface area contributed by atoms with Gasteiger partial charge in [-0.2, -0.15) is 9.97 Å². The molecule has 2 fully saturated rings. The molecule has 1 aliphatic carbocycles. The number of rotatable bonds is 5. The predicted octanol–water partition coefficient (Wildman–Crippen LogP) is 2.26. The van der Waals surface area contributed by atoms with Crippen LogP contribution < -0.4 is 14.4 Å². The van der Waals surface area contributed by atoms with Crippen molar-refractivity contribution in [2.24, 2.45) is 0 Å². The largest absolute Gasteiger partial charge is 0.494 e. The van der Waals surface area contributed by atoms with Crippen molar-refractivity contribution in [3.63, 3.8) is 0 Å². The second-order valence-electron chi connectivity index (χ2n) is 5.93. The molecule has 0 amide bonds. The quantitative estimate of drug-likeness (QED) is 0.831. The molecule has 8 heteroatoms. The van der Waals surface area contributed by atoms with Crippen LogP contribution in [0, 0.1) is 0 Å². The molecule has 2 aliphatic rings. The Balaban J connectivity index is 1.39. The third-order valence-corrected chi connectivity index (χ3v) is 5.26. The second-order valence-corrected chi connectivity index (χ2v) is 6.92. The molecule has 0 spiro atoms. The highest BCUT2D eigenvalue weighted by molar-refractivity contribution is 7.15. The molecule has 0 radical (unpaired) electrons. The predicted molar refractivity (Wildman–Crippen MR) is 86.3 cm³/mol. The van der Waals surface area contributed by atoms with Crippen molar-refractivity contribution in [2.75, 3.05) is 25.1 Å². The third-order valence-electron chi connectivity index (χ3n) is 4.12. The summed E-state index contributed by atoms with van der Waals surface area (Å²) in [4.78, 5) is 10.6. The Morgan fingerprint density at radius 3 is 2.74 bits per heavy atom. The van der Waals surface area contributed by atoms with E-state index >= 15 is 0 Å². The molecule has 1 unspecified atom stereocenters.